The highest BCUT2D eigenvalue weighted by Gasteiger charge is 2.65. The summed E-state index contributed by atoms with van der Waals surface area (Å²) in [6, 6.07) is 14.0. The van der Waals surface area contributed by atoms with Crippen molar-refractivity contribution in [3.05, 3.63) is 71.2 Å². The number of hydrogen-bond donors (Lipinski definition) is 2. The van der Waals surface area contributed by atoms with Crippen molar-refractivity contribution in [1.82, 2.24) is 10.5 Å². The van der Waals surface area contributed by atoms with Crippen LogP contribution in [0.1, 0.15) is 42.0 Å². The molecule has 170 valence electrons. The molecule has 0 spiro atoms. The molecule has 2 aromatic carbocycles. The number of aromatic nitrogens is 1. The van der Waals surface area contributed by atoms with E-state index in [1.165, 1.54) is 19.2 Å². The van der Waals surface area contributed by atoms with Crippen LogP contribution in [0, 0.1) is 11.7 Å². The summed E-state index contributed by atoms with van der Waals surface area (Å²) in [5, 5.41) is 9.90. The van der Waals surface area contributed by atoms with Gasteiger partial charge in [-0.25, -0.2) is 9.87 Å². The lowest BCUT2D eigenvalue weighted by Gasteiger charge is -2.17. The minimum absolute atomic E-state index is 0.0384. The number of esters is 1. The summed E-state index contributed by atoms with van der Waals surface area (Å²) in [7, 11) is 1.21. The largest absolute Gasteiger partial charge is 0.486 e. The van der Waals surface area contributed by atoms with E-state index in [4.69, 9.17) is 19.7 Å². The smallest absolute Gasteiger partial charge is 0.317 e. The molecule has 0 saturated heterocycles. The molecule has 1 amide bonds. The minimum Gasteiger partial charge on any atom is -0.486 e. The summed E-state index contributed by atoms with van der Waals surface area (Å²) in [6.45, 7) is 0.163. The molecule has 0 radical (unpaired) electrons. The monoisotopic (exact) mass is 450 g/mol. The van der Waals surface area contributed by atoms with Gasteiger partial charge in [0.05, 0.1) is 18.5 Å². The first-order chi connectivity index (χ1) is 16.0. The molecule has 1 aromatic heterocycles. The van der Waals surface area contributed by atoms with E-state index >= 15 is 0 Å². The zero-order chi connectivity index (χ0) is 23.2. The fraction of sp³-hybridized carbons (Fsp3) is 0.320. The number of rotatable bonds is 7. The minimum atomic E-state index is -1.32. The fourth-order valence-corrected chi connectivity index (χ4v) is 4.53. The molecule has 2 aliphatic rings. The second-order valence-corrected chi connectivity index (χ2v) is 8.63. The SMILES string of the molecule is COC(=O)[C@@]1(c2ccc(OCc3cc(C4CC4)nc4ccccc34)c(F)c2)C[C@@H]1C(=O)NO. The Kier molecular flexibility index (Phi) is 5.25. The third kappa shape index (κ3) is 3.70. The number of nitrogens with zero attached hydrogens (tertiary/aromatic N) is 1. The lowest BCUT2D eigenvalue weighted by Crippen LogP contribution is -2.31. The van der Waals surface area contributed by atoms with Crippen molar-refractivity contribution >= 4 is 22.8 Å². The number of benzene rings is 2. The summed E-state index contributed by atoms with van der Waals surface area (Å²) < 4.78 is 25.6. The van der Waals surface area contributed by atoms with E-state index in [9.17, 15) is 14.0 Å². The maximum absolute atomic E-state index is 15.0. The van der Waals surface area contributed by atoms with E-state index in [2.05, 4.69) is 0 Å². The second kappa shape index (κ2) is 8.12. The van der Waals surface area contributed by atoms with Crippen LogP contribution in [0.2, 0.25) is 0 Å². The van der Waals surface area contributed by atoms with Gasteiger partial charge in [-0.1, -0.05) is 24.3 Å². The Bertz CT molecular complexity index is 1260. The quantitative estimate of drug-likeness (QED) is 0.323. The van der Waals surface area contributed by atoms with Crippen molar-refractivity contribution in [1.29, 1.82) is 0 Å². The third-order valence-electron chi connectivity index (χ3n) is 6.58. The topological polar surface area (TPSA) is 97.8 Å². The Hall–Kier alpha value is -3.52. The van der Waals surface area contributed by atoms with Gasteiger partial charge in [0, 0.05) is 22.6 Å². The Morgan fingerprint density at radius 1 is 1.21 bits per heavy atom. The van der Waals surface area contributed by atoms with Gasteiger partial charge < -0.3 is 9.47 Å². The van der Waals surface area contributed by atoms with Crippen LogP contribution >= 0.6 is 0 Å². The molecule has 0 bridgehead atoms. The number of methoxy groups -OCH3 is 1. The van der Waals surface area contributed by atoms with Gasteiger partial charge in [-0.2, -0.15) is 0 Å². The molecule has 2 N–H and O–H groups in total. The van der Waals surface area contributed by atoms with Gasteiger partial charge in [-0.05, 0) is 49.1 Å². The number of pyridine rings is 1. The predicted octanol–water partition coefficient (Wildman–Crippen LogP) is 3.77. The number of nitrogens with one attached hydrogen (secondary N) is 1. The van der Waals surface area contributed by atoms with E-state index in [0.717, 1.165) is 35.0 Å². The Balaban J connectivity index is 1.40. The number of carbonyl (C=O) groups is 2. The van der Waals surface area contributed by atoms with Crippen LogP contribution < -0.4 is 10.2 Å². The van der Waals surface area contributed by atoms with E-state index in [0.29, 0.717) is 11.5 Å². The molecule has 2 aliphatic carbocycles. The summed E-state index contributed by atoms with van der Waals surface area (Å²) in [5.41, 5.74) is 3.39. The van der Waals surface area contributed by atoms with Crippen molar-refractivity contribution in [2.45, 2.75) is 37.2 Å². The molecule has 7 nitrogen and oxygen atoms in total. The van der Waals surface area contributed by atoms with Gasteiger partial charge in [-0.15, -0.1) is 0 Å². The number of carbonyl (C=O) groups excluding carboxylic acids is 2. The van der Waals surface area contributed by atoms with E-state index in [1.807, 2.05) is 30.3 Å². The number of halogens is 1. The van der Waals surface area contributed by atoms with Gasteiger partial charge in [0.2, 0.25) is 5.91 Å². The van der Waals surface area contributed by atoms with E-state index < -0.39 is 29.0 Å². The second-order valence-electron chi connectivity index (χ2n) is 8.63. The molecule has 5 rings (SSSR count). The van der Waals surface area contributed by atoms with Gasteiger partial charge in [0.1, 0.15) is 12.0 Å². The van der Waals surface area contributed by atoms with Crippen LogP contribution in [0.15, 0.2) is 48.5 Å². The summed E-state index contributed by atoms with van der Waals surface area (Å²) in [6.07, 6.45) is 2.37. The molecule has 3 aromatic rings. The Morgan fingerprint density at radius 3 is 2.70 bits per heavy atom. The van der Waals surface area contributed by atoms with Gasteiger partial charge in [0.25, 0.3) is 0 Å². The molecule has 0 unspecified atom stereocenters. The predicted molar refractivity (Wildman–Crippen MR) is 116 cm³/mol. The first kappa shape index (κ1) is 21.3. The number of hydroxylamine groups is 1. The lowest BCUT2D eigenvalue weighted by molar-refractivity contribution is -0.146. The van der Waals surface area contributed by atoms with Crippen LogP contribution in [-0.2, 0) is 26.3 Å². The molecule has 33 heavy (non-hydrogen) atoms. The van der Waals surface area contributed by atoms with E-state index in [1.54, 1.807) is 11.5 Å². The van der Waals surface area contributed by atoms with Crippen LogP contribution in [0.5, 0.6) is 5.75 Å². The normalized spacial score (nSPS) is 21.5. The van der Waals surface area contributed by atoms with Crippen molar-refractivity contribution < 1.29 is 28.7 Å². The molecule has 0 aliphatic heterocycles. The summed E-state index contributed by atoms with van der Waals surface area (Å²) >= 11 is 0. The van der Waals surface area contributed by atoms with Crippen LogP contribution in [0.3, 0.4) is 0 Å². The number of para-hydroxylation sites is 1. The molecule has 2 fully saturated rings. The van der Waals surface area contributed by atoms with Crippen molar-refractivity contribution in [2.75, 3.05) is 7.11 Å². The highest BCUT2D eigenvalue weighted by molar-refractivity contribution is 5.97. The van der Waals surface area contributed by atoms with Gasteiger partial charge in [0.15, 0.2) is 11.6 Å². The zero-order valence-electron chi connectivity index (χ0n) is 18.0. The molecular weight excluding hydrogens is 427 g/mol. The highest BCUT2D eigenvalue weighted by atomic mass is 19.1. The molecule has 2 saturated carbocycles. The highest BCUT2D eigenvalue weighted by Crippen LogP contribution is 2.55. The third-order valence-corrected chi connectivity index (χ3v) is 6.58. The molecule has 8 heteroatoms. The van der Waals surface area contributed by atoms with Crippen LogP contribution in [0.25, 0.3) is 10.9 Å². The van der Waals surface area contributed by atoms with Crippen molar-refractivity contribution in [2.24, 2.45) is 5.92 Å². The summed E-state index contributed by atoms with van der Waals surface area (Å²) in [5.74, 6) is -2.33. The van der Waals surface area contributed by atoms with Gasteiger partial charge in [-0.3, -0.25) is 19.8 Å². The first-order valence-electron chi connectivity index (χ1n) is 10.8. The molecule has 2 atom stereocenters. The number of fused-ring (bicyclic) bond motifs is 1. The number of amides is 1. The molecule has 1 heterocycles. The van der Waals surface area contributed by atoms with Crippen molar-refractivity contribution in [3.63, 3.8) is 0 Å². The number of hydrogen-bond acceptors (Lipinski definition) is 6. The molecular formula is C25H23FN2O5. The van der Waals surface area contributed by atoms with Gasteiger partial charge >= 0.3 is 5.97 Å². The average molecular weight is 450 g/mol. The standard InChI is InChI=1S/C25H23FN2O5/c1-32-24(30)25(12-18(25)23(29)28-31)16-8-9-22(19(26)11-16)33-13-15-10-21(14-6-7-14)27-20-5-3-2-4-17(15)20/h2-5,8-11,14,18,31H,6-7,12-13H2,1H3,(H,28,29)/t18-,25-/m1/s1. The van der Waals surface area contributed by atoms with E-state index in [-0.39, 0.29) is 18.8 Å². The van der Waals surface area contributed by atoms with Crippen LogP contribution in [0.4, 0.5) is 4.39 Å². The first-order valence-corrected chi connectivity index (χ1v) is 10.8. The fourth-order valence-electron chi connectivity index (χ4n) is 4.53. The zero-order valence-corrected chi connectivity index (χ0v) is 18.0. The Labute approximate surface area is 189 Å². The van der Waals surface area contributed by atoms with Crippen LogP contribution in [-0.4, -0.2) is 29.2 Å². The summed E-state index contributed by atoms with van der Waals surface area (Å²) in [4.78, 5) is 29.0. The average Bonchev–Trinajstić information content (AvgIpc) is 3.76. The number of ether oxygens (including phenoxy) is 2. The lowest BCUT2D eigenvalue weighted by atomic mass is 9.92. The Morgan fingerprint density at radius 2 is 2.00 bits per heavy atom. The van der Waals surface area contributed by atoms with Crippen molar-refractivity contribution in [3.8, 4) is 5.75 Å². The maximum atomic E-state index is 15.0. The maximum Gasteiger partial charge on any atom is 0.317 e.